The first-order chi connectivity index (χ1) is 34.2. The van der Waals surface area contributed by atoms with E-state index in [1.54, 1.807) is 0 Å². The van der Waals surface area contributed by atoms with Crippen molar-refractivity contribution in [2.45, 2.75) is 5.41 Å². The maximum atomic E-state index is 7.12. The Kier molecular flexibility index (Phi) is 8.77. The van der Waals surface area contributed by atoms with E-state index in [0.29, 0.717) is 0 Å². The van der Waals surface area contributed by atoms with E-state index in [1.165, 1.54) is 16.7 Å². The second-order valence-electron chi connectivity index (χ2n) is 17.9. The van der Waals surface area contributed by atoms with Gasteiger partial charge in [-0.05, 0) is 106 Å². The summed E-state index contributed by atoms with van der Waals surface area (Å²) in [5.41, 5.74) is 15.3. The zero-order valence-corrected chi connectivity index (χ0v) is 37.3. The topological polar surface area (TPSA) is 34.8 Å². The van der Waals surface area contributed by atoms with Crippen molar-refractivity contribution in [3.63, 3.8) is 0 Å². The molecule has 0 radical (unpaired) electrons. The molecule has 3 heterocycles. The summed E-state index contributed by atoms with van der Waals surface area (Å²) in [5.74, 6) is 3.34. The second kappa shape index (κ2) is 15.5. The standard InChI is InChI=1S/C65H41NO3/c1-2-14-42(15-3-1)43-28-30-44(31-29-43)45-32-35-48(36-33-45)66(50-37-39-52-47(41-50)34-38-54-53-18-4-8-24-59(53)68-63(52)54)49-17-12-16-46(40-49)51-19-13-23-58-64(51)69-62-27-11-7-22-57(62)65(58)55-20-5-9-25-60(55)67-61-26-10-6-21-56(61)65/h1-41H. The van der Waals surface area contributed by atoms with Crippen LogP contribution in [0.25, 0.3) is 66.1 Å². The van der Waals surface area contributed by atoms with Crippen molar-refractivity contribution in [1.82, 2.24) is 0 Å². The van der Waals surface area contributed by atoms with Crippen LogP contribution < -0.4 is 14.4 Å². The van der Waals surface area contributed by atoms with Crippen LogP contribution in [0.3, 0.4) is 0 Å². The number of rotatable bonds is 6. The molecule has 0 aliphatic carbocycles. The highest BCUT2D eigenvalue weighted by Crippen LogP contribution is 2.62. The molecule has 1 spiro atoms. The van der Waals surface area contributed by atoms with Crippen molar-refractivity contribution < 1.29 is 13.9 Å². The third-order valence-corrected chi connectivity index (χ3v) is 14.2. The normalized spacial score (nSPS) is 13.0. The smallest absolute Gasteiger partial charge is 0.143 e. The third kappa shape index (κ3) is 6.09. The lowest BCUT2D eigenvalue weighted by Gasteiger charge is -2.45. The Hall–Kier alpha value is -9.12. The van der Waals surface area contributed by atoms with Gasteiger partial charge >= 0.3 is 0 Å². The molecule has 1 aromatic heterocycles. The molecule has 324 valence electrons. The minimum atomic E-state index is -0.685. The second-order valence-corrected chi connectivity index (χ2v) is 17.9. The molecule has 0 atom stereocenters. The number of benzene rings is 11. The maximum Gasteiger partial charge on any atom is 0.143 e. The minimum Gasteiger partial charge on any atom is -0.457 e. The van der Waals surface area contributed by atoms with Crippen LogP contribution in [-0.4, -0.2) is 0 Å². The first-order valence-corrected chi connectivity index (χ1v) is 23.5. The van der Waals surface area contributed by atoms with Gasteiger partial charge in [-0.25, -0.2) is 0 Å². The summed E-state index contributed by atoms with van der Waals surface area (Å²) in [6, 6.07) is 88.4. The van der Waals surface area contributed by atoms with Crippen LogP contribution >= 0.6 is 0 Å². The minimum absolute atomic E-state index is 0.685. The number of ether oxygens (including phenoxy) is 2. The first kappa shape index (κ1) is 39.1. The third-order valence-electron chi connectivity index (χ3n) is 14.2. The van der Waals surface area contributed by atoms with E-state index in [-0.39, 0.29) is 0 Å². The molecule has 0 saturated heterocycles. The van der Waals surface area contributed by atoms with Crippen molar-refractivity contribution in [3.8, 4) is 56.4 Å². The highest BCUT2D eigenvalue weighted by molar-refractivity contribution is 6.15. The van der Waals surface area contributed by atoms with Gasteiger partial charge in [-0.1, -0.05) is 176 Å². The predicted molar refractivity (Wildman–Crippen MR) is 281 cm³/mol. The molecule has 0 N–H and O–H groups in total. The van der Waals surface area contributed by atoms with Crippen LogP contribution in [0.4, 0.5) is 17.1 Å². The Morgan fingerprint density at radius 3 is 1.55 bits per heavy atom. The summed E-state index contributed by atoms with van der Waals surface area (Å²) in [7, 11) is 0. The predicted octanol–water partition coefficient (Wildman–Crippen LogP) is 17.8. The highest BCUT2D eigenvalue weighted by Gasteiger charge is 2.50. The average Bonchev–Trinajstić information content (AvgIpc) is 3.81. The Bertz CT molecular complexity index is 3900. The van der Waals surface area contributed by atoms with Crippen molar-refractivity contribution >= 4 is 49.8 Å². The molecule has 69 heavy (non-hydrogen) atoms. The fourth-order valence-corrected chi connectivity index (χ4v) is 11.1. The summed E-state index contributed by atoms with van der Waals surface area (Å²) in [4.78, 5) is 2.35. The molecule has 11 aromatic carbocycles. The largest absolute Gasteiger partial charge is 0.457 e. The molecule has 0 amide bonds. The Balaban J connectivity index is 0.923. The van der Waals surface area contributed by atoms with Gasteiger partial charge in [-0.3, -0.25) is 0 Å². The fraction of sp³-hybridized carbons (Fsp3) is 0.0154. The lowest BCUT2D eigenvalue weighted by atomic mass is 9.62. The quantitative estimate of drug-likeness (QED) is 0.167. The first-order valence-electron chi connectivity index (χ1n) is 23.5. The van der Waals surface area contributed by atoms with E-state index in [0.717, 1.165) is 112 Å². The molecule has 0 fully saturated rings. The lowest BCUT2D eigenvalue weighted by molar-refractivity contribution is 0.400. The van der Waals surface area contributed by atoms with Crippen LogP contribution in [0.15, 0.2) is 253 Å². The summed E-state index contributed by atoms with van der Waals surface area (Å²) < 4.78 is 20.3. The van der Waals surface area contributed by atoms with E-state index in [4.69, 9.17) is 13.9 Å². The summed E-state index contributed by atoms with van der Waals surface area (Å²) in [6.45, 7) is 0. The van der Waals surface area contributed by atoms with Crippen molar-refractivity contribution in [2.75, 3.05) is 4.90 Å². The molecule has 0 saturated carbocycles. The molecule has 4 nitrogen and oxygen atoms in total. The van der Waals surface area contributed by atoms with Crippen LogP contribution in [-0.2, 0) is 5.41 Å². The zero-order chi connectivity index (χ0) is 45.5. The van der Waals surface area contributed by atoms with E-state index < -0.39 is 5.41 Å². The molecular weight excluding hydrogens is 843 g/mol. The number of para-hydroxylation sites is 5. The SMILES string of the molecule is c1ccc(-c2ccc(-c3ccc(N(c4cccc(-c5cccc6c5Oc5ccccc5C65c6ccccc6Oc6ccccc65)c4)c4ccc5c(ccc6c7ccccc7oc56)c4)cc3)cc2)cc1. The molecule has 0 unspecified atom stereocenters. The number of fused-ring (bicyclic) bond motifs is 13. The molecule has 4 heteroatoms. The van der Waals surface area contributed by atoms with Crippen LogP contribution in [0.5, 0.6) is 23.0 Å². The van der Waals surface area contributed by atoms with E-state index in [2.05, 4.69) is 229 Å². The monoisotopic (exact) mass is 883 g/mol. The number of furan rings is 1. The summed E-state index contributed by atoms with van der Waals surface area (Å²) in [6.07, 6.45) is 0. The van der Waals surface area contributed by atoms with Crippen LogP contribution in [0.2, 0.25) is 0 Å². The maximum absolute atomic E-state index is 7.12. The van der Waals surface area contributed by atoms with Crippen molar-refractivity contribution in [1.29, 1.82) is 0 Å². The molecule has 2 aliphatic rings. The van der Waals surface area contributed by atoms with E-state index in [9.17, 15) is 0 Å². The molecular formula is C65H41NO3. The zero-order valence-electron chi connectivity index (χ0n) is 37.3. The van der Waals surface area contributed by atoms with Crippen molar-refractivity contribution in [3.05, 3.63) is 271 Å². The lowest BCUT2D eigenvalue weighted by Crippen LogP contribution is -2.36. The number of hydrogen-bond donors (Lipinski definition) is 0. The fourth-order valence-electron chi connectivity index (χ4n) is 11.1. The van der Waals surface area contributed by atoms with Crippen LogP contribution in [0, 0.1) is 0 Å². The van der Waals surface area contributed by atoms with Gasteiger partial charge in [0.25, 0.3) is 0 Å². The van der Waals surface area contributed by atoms with E-state index in [1.807, 2.05) is 24.3 Å². The summed E-state index contributed by atoms with van der Waals surface area (Å²) in [5, 5.41) is 4.42. The number of anilines is 3. The van der Waals surface area contributed by atoms with Gasteiger partial charge in [-0.15, -0.1) is 0 Å². The highest BCUT2D eigenvalue weighted by atomic mass is 16.5. The van der Waals surface area contributed by atoms with Crippen LogP contribution in [0.1, 0.15) is 22.3 Å². The average molecular weight is 884 g/mol. The van der Waals surface area contributed by atoms with Crippen molar-refractivity contribution in [2.24, 2.45) is 0 Å². The number of hydrogen-bond acceptors (Lipinski definition) is 4. The Morgan fingerprint density at radius 2 is 0.841 bits per heavy atom. The van der Waals surface area contributed by atoms with E-state index >= 15 is 0 Å². The van der Waals surface area contributed by atoms with Gasteiger partial charge in [0.1, 0.15) is 34.2 Å². The molecule has 14 rings (SSSR count). The van der Waals surface area contributed by atoms with Gasteiger partial charge in [0.05, 0.1) is 5.41 Å². The van der Waals surface area contributed by atoms with Gasteiger partial charge in [0.2, 0.25) is 0 Å². The number of nitrogens with zero attached hydrogens (tertiary/aromatic N) is 1. The molecule has 12 aromatic rings. The van der Waals surface area contributed by atoms with Gasteiger partial charge < -0.3 is 18.8 Å². The molecule has 0 bridgehead atoms. The van der Waals surface area contributed by atoms with Gasteiger partial charge in [0, 0.05) is 61.0 Å². The Morgan fingerprint density at radius 1 is 0.319 bits per heavy atom. The molecule has 2 aliphatic heterocycles. The van der Waals surface area contributed by atoms with Gasteiger partial charge in [-0.2, -0.15) is 0 Å². The van der Waals surface area contributed by atoms with Gasteiger partial charge in [0.15, 0.2) is 0 Å². The summed E-state index contributed by atoms with van der Waals surface area (Å²) >= 11 is 0. The Labute approximate surface area is 399 Å².